The van der Waals surface area contributed by atoms with Gasteiger partial charge in [-0.3, -0.25) is 0 Å². The lowest BCUT2D eigenvalue weighted by molar-refractivity contribution is 0.568. The predicted molar refractivity (Wildman–Crippen MR) is 47.4 cm³/mol. The molecule has 0 unspecified atom stereocenters. The SMILES string of the molecule is CC(C)NS(=O)(=O)CCCCl. The fourth-order valence-corrected chi connectivity index (χ4v) is 2.32. The fourth-order valence-electron chi connectivity index (χ4n) is 0.663. The van der Waals surface area contributed by atoms with Crippen molar-refractivity contribution in [2.75, 3.05) is 11.6 Å². The Hall–Kier alpha value is 0.200. The van der Waals surface area contributed by atoms with Crippen molar-refractivity contribution in [1.29, 1.82) is 0 Å². The minimum atomic E-state index is -3.08. The van der Waals surface area contributed by atoms with Crippen LogP contribution >= 0.6 is 11.6 Å². The third kappa shape index (κ3) is 6.59. The molecule has 0 heterocycles. The summed E-state index contributed by atoms with van der Waals surface area (Å²) >= 11 is 5.35. The van der Waals surface area contributed by atoms with Gasteiger partial charge in [-0.15, -0.1) is 11.6 Å². The third-order valence-electron chi connectivity index (χ3n) is 0.962. The van der Waals surface area contributed by atoms with E-state index in [1.165, 1.54) is 0 Å². The summed E-state index contributed by atoms with van der Waals surface area (Å²) in [5.74, 6) is 0.508. The van der Waals surface area contributed by atoms with Crippen molar-refractivity contribution in [2.24, 2.45) is 0 Å². The molecule has 0 aromatic carbocycles. The lowest BCUT2D eigenvalue weighted by Crippen LogP contribution is -2.32. The van der Waals surface area contributed by atoms with E-state index < -0.39 is 10.0 Å². The van der Waals surface area contributed by atoms with Crippen LogP contribution in [0.3, 0.4) is 0 Å². The summed E-state index contributed by atoms with van der Waals surface area (Å²) in [7, 11) is -3.08. The molecule has 0 amide bonds. The van der Waals surface area contributed by atoms with Gasteiger partial charge in [-0.05, 0) is 20.3 Å². The van der Waals surface area contributed by atoms with Gasteiger partial charge in [0.1, 0.15) is 0 Å². The molecule has 0 saturated carbocycles. The standard InChI is InChI=1S/C6H14ClNO2S/c1-6(2)8-11(9,10)5-3-4-7/h6,8H,3-5H2,1-2H3. The summed E-state index contributed by atoms with van der Waals surface area (Å²) < 4.78 is 24.5. The number of sulfonamides is 1. The molecule has 0 aliphatic carbocycles. The highest BCUT2D eigenvalue weighted by Crippen LogP contribution is 1.93. The summed E-state index contributed by atoms with van der Waals surface area (Å²) in [4.78, 5) is 0. The average molecular weight is 200 g/mol. The van der Waals surface area contributed by atoms with Crippen LogP contribution in [-0.2, 0) is 10.0 Å². The summed E-state index contributed by atoms with van der Waals surface area (Å²) in [6, 6.07) is -0.0321. The summed E-state index contributed by atoms with van der Waals surface area (Å²) in [6.45, 7) is 3.58. The molecule has 0 rings (SSSR count). The van der Waals surface area contributed by atoms with Crippen LogP contribution in [0.15, 0.2) is 0 Å². The van der Waals surface area contributed by atoms with Gasteiger partial charge in [-0.2, -0.15) is 0 Å². The second-order valence-electron chi connectivity index (χ2n) is 2.63. The molecule has 3 nitrogen and oxygen atoms in total. The molecule has 0 spiro atoms. The Balaban J connectivity index is 3.82. The fraction of sp³-hybridized carbons (Fsp3) is 1.00. The Bertz CT molecular complexity index is 189. The van der Waals surface area contributed by atoms with Gasteiger partial charge in [-0.25, -0.2) is 13.1 Å². The highest BCUT2D eigenvalue weighted by Gasteiger charge is 2.09. The van der Waals surface area contributed by atoms with Crippen molar-refractivity contribution in [1.82, 2.24) is 4.72 Å². The van der Waals surface area contributed by atoms with Gasteiger partial charge in [0.15, 0.2) is 0 Å². The lowest BCUT2D eigenvalue weighted by atomic mass is 10.4. The van der Waals surface area contributed by atoms with E-state index in [1.807, 2.05) is 0 Å². The normalized spacial score (nSPS) is 12.4. The number of hydrogen-bond donors (Lipinski definition) is 1. The van der Waals surface area contributed by atoms with E-state index in [4.69, 9.17) is 11.6 Å². The maximum absolute atomic E-state index is 11.0. The van der Waals surface area contributed by atoms with Gasteiger partial charge in [0.05, 0.1) is 5.75 Å². The van der Waals surface area contributed by atoms with Crippen LogP contribution in [0.5, 0.6) is 0 Å². The van der Waals surface area contributed by atoms with Gasteiger partial charge in [0.2, 0.25) is 10.0 Å². The van der Waals surface area contributed by atoms with E-state index in [-0.39, 0.29) is 11.8 Å². The highest BCUT2D eigenvalue weighted by molar-refractivity contribution is 7.89. The Morgan fingerprint density at radius 1 is 1.45 bits per heavy atom. The van der Waals surface area contributed by atoms with E-state index in [9.17, 15) is 8.42 Å². The van der Waals surface area contributed by atoms with Crippen LogP contribution < -0.4 is 4.72 Å². The zero-order valence-corrected chi connectivity index (χ0v) is 8.37. The van der Waals surface area contributed by atoms with Gasteiger partial charge >= 0.3 is 0 Å². The topological polar surface area (TPSA) is 46.2 Å². The molecule has 0 aliphatic heterocycles. The predicted octanol–water partition coefficient (Wildman–Crippen LogP) is 0.943. The van der Waals surface area contributed by atoms with Gasteiger partial charge in [0, 0.05) is 11.9 Å². The van der Waals surface area contributed by atoms with E-state index >= 15 is 0 Å². The average Bonchev–Trinajstić information content (AvgIpc) is 1.81. The van der Waals surface area contributed by atoms with E-state index in [1.54, 1.807) is 13.8 Å². The second-order valence-corrected chi connectivity index (χ2v) is 4.89. The first-order chi connectivity index (χ1) is 4.98. The maximum atomic E-state index is 11.0. The number of nitrogens with one attached hydrogen (secondary N) is 1. The van der Waals surface area contributed by atoms with Gasteiger partial charge in [-0.1, -0.05) is 0 Å². The first-order valence-electron chi connectivity index (χ1n) is 3.54. The van der Waals surface area contributed by atoms with Gasteiger partial charge in [0.25, 0.3) is 0 Å². The van der Waals surface area contributed by atoms with E-state index in [0.717, 1.165) is 0 Å². The number of hydrogen-bond acceptors (Lipinski definition) is 2. The van der Waals surface area contributed by atoms with Crippen LogP contribution in [0.2, 0.25) is 0 Å². The molecule has 0 aromatic heterocycles. The summed E-state index contributed by atoms with van der Waals surface area (Å²) in [6.07, 6.45) is 0.504. The largest absolute Gasteiger partial charge is 0.213 e. The van der Waals surface area contributed by atoms with Crippen molar-refractivity contribution >= 4 is 21.6 Å². The number of rotatable bonds is 5. The van der Waals surface area contributed by atoms with Crippen molar-refractivity contribution in [3.8, 4) is 0 Å². The zero-order valence-electron chi connectivity index (χ0n) is 6.80. The van der Waals surface area contributed by atoms with Crippen molar-refractivity contribution in [2.45, 2.75) is 26.3 Å². The zero-order chi connectivity index (χ0) is 8.91. The van der Waals surface area contributed by atoms with Crippen LogP contribution in [0, 0.1) is 0 Å². The minimum Gasteiger partial charge on any atom is -0.213 e. The first kappa shape index (κ1) is 11.2. The monoisotopic (exact) mass is 199 g/mol. The smallest absolute Gasteiger partial charge is 0.211 e. The third-order valence-corrected chi connectivity index (χ3v) is 2.89. The van der Waals surface area contributed by atoms with Gasteiger partial charge < -0.3 is 0 Å². The molecule has 1 N–H and O–H groups in total. The highest BCUT2D eigenvalue weighted by atomic mass is 35.5. The molecule has 0 atom stereocenters. The van der Waals surface area contributed by atoms with Crippen LogP contribution in [-0.4, -0.2) is 26.1 Å². The van der Waals surface area contributed by atoms with Crippen LogP contribution in [0.4, 0.5) is 0 Å². The molecular weight excluding hydrogens is 186 g/mol. The molecule has 11 heavy (non-hydrogen) atoms. The van der Waals surface area contributed by atoms with Crippen LogP contribution in [0.1, 0.15) is 20.3 Å². The second kappa shape index (κ2) is 4.95. The summed E-state index contributed by atoms with van der Waals surface area (Å²) in [5, 5.41) is 0. The first-order valence-corrected chi connectivity index (χ1v) is 5.72. The number of halogens is 1. The van der Waals surface area contributed by atoms with Crippen LogP contribution in [0.25, 0.3) is 0 Å². The summed E-state index contributed by atoms with van der Waals surface area (Å²) in [5.41, 5.74) is 0. The maximum Gasteiger partial charge on any atom is 0.211 e. The number of alkyl halides is 1. The molecule has 0 aromatic rings. The Morgan fingerprint density at radius 2 is 2.00 bits per heavy atom. The Labute approximate surface area is 73.2 Å². The van der Waals surface area contributed by atoms with E-state index in [2.05, 4.69) is 4.72 Å². The van der Waals surface area contributed by atoms with Crippen molar-refractivity contribution in [3.63, 3.8) is 0 Å². The quantitative estimate of drug-likeness (QED) is 0.670. The molecule has 0 aliphatic rings. The lowest BCUT2D eigenvalue weighted by Gasteiger charge is -2.07. The van der Waals surface area contributed by atoms with Crippen molar-refractivity contribution < 1.29 is 8.42 Å². The Kier molecular flexibility index (Phi) is 5.04. The molecule has 5 heteroatoms. The molecule has 0 bridgehead atoms. The molecule has 0 fully saturated rings. The molecule has 0 saturated heterocycles. The molecular formula is C6H14ClNO2S. The minimum absolute atomic E-state index is 0.0321. The molecule has 68 valence electrons. The van der Waals surface area contributed by atoms with Crippen molar-refractivity contribution in [3.05, 3.63) is 0 Å². The molecule has 0 radical (unpaired) electrons. The Morgan fingerprint density at radius 3 is 2.36 bits per heavy atom. The van der Waals surface area contributed by atoms with E-state index in [0.29, 0.717) is 12.3 Å².